The lowest BCUT2D eigenvalue weighted by molar-refractivity contribution is -0.134. The number of aliphatic hydroxyl groups is 1. The van der Waals surface area contributed by atoms with Gasteiger partial charge in [0, 0.05) is 51.0 Å². The zero-order valence-electron chi connectivity index (χ0n) is 15.0. The molecule has 0 radical (unpaired) electrons. The maximum absolute atomic E-state index is 12.7. The zero-order valence-corrected chi connectivity index (χ0v) is 15.0. The summed E-state index contributed by atoms with van der Waals surface area (Å²) >= 11 is 0. The molecular formula is C19H29N3O2. The molecule has 1 aromatic heterocycles. The van der Waals surface area contributed by atoms with Gasteiger partial charge in [-0.25, -0.2) is 0 Å². The van der Waals surface area contributed by atoms with Crippen LogP contribution in [-0.2, 0) is 4.79 Å². The van der Waals surface area contributed by atoms with Crippen LogP contribution in [0.25, 0.3) is 0 Å². The van der Waals surface area contributed by atoms with E-state index >= 15 is 0 Å². The van der Waals surface area contributed by atoms with Crippen LogP contribution in [0.1, 0.15) is 38.7 Å². The lowest BCUT2D eigenvalue weighted by atomic mass is 9.89. The molecule has 132 valence electrons. The van der Waals surface area contributed by atoms with Crippen molar-refractivity contribution in [2.75, 3.05) is 32.7 Å². The van der Waals surface area contributed by atoms with Gasteiger partial charge in [-0.3, -0.25) is 14.7 Å². The Kier molecular flexibility index (Phi) is 4.92. The van der Waals surface area contributed by atoms with Crippen molar-refractivity contribution in [1.82, 2.24) is 14.8 Å². The number of β-amino-alcohol motifs (C(OH)–C–C–N with tert-alkyl or cyclic N) is 1. The molecule has 2 heterocycles. The molecule has 1 saturated carbocycles. The average molecular weight is 331 g/mol. The first-order chi connectivity index (χ1) is 11.4. The molecule has 2 fully saturated rings. The van der Waals surface area contributed by atoms with E-state index in [4.69, 9.17) is 0 Å². The Hall–Kier alpha value is -1.46. The highest BCUT2D eigenvalue weighted by molar-refractivity contribution is 5.83. The Bertz CT molecular complexity index is 562. The third kappa shape index (κ3) is 3.95. The van der Waals surface area contributed by atoms with Gasteiger partial charge in [0.2, 0.25) is 5.91 Å². The fraction of sp³-hybridized carbons (Fsp3) is 0.684. The Labute approximate surface area is 144 Å². The predicted octanol–water partition coefficient (Wildman–Crippen LogP) is 1.74. The standard InChI is InChI=1S/C19H29N3O2/c1-19(2,3)17(23)13-21-7-9-22(10-8-21)18(24)16-11-15(16)14-5-4-6-20-12-14/h4-6,12,15-17,23H,7-11,13H2,1-3H3/t15-,16-,17+/m0/s1. The van der Waals surface area contributed by atoms with Crippen molar-refractivity contribution in [2.24, 2.45) is 11.3 Å². The molecule has 24 heavy (non-hydrogen) atoms. The van der Waals surface area contributed by atoms with Crippen molar-refractivity contribution in [3.63, 3.8) is 0 Å². The van der Waals surface area contributed by atoms with Crippen molar-refractivity contribution < 1.29 is 9.90 Å². The van der Waals surface area contributed by atoms with Crippen molar-refractivity contribution in [2.45, 2.75) is 39.2 Å². The van der Waals surface area contributed by atoms with E-state index in [-0.39, 0.29) is 17.4 Å². The Balaban J connectivity index is 1.47. The molecule has 2 aliphatic rings. The molecule has 3 rings (SSSR count). The van der Waals surface area contributed by atoms with Crippen molar-refractivity contribution in [1.29, 1.82) is 0 Å². The van der Waals surface area contributed by atoms with E-state index in [2.05, 4.69) is 36.7 Å². The second kappa shape index (κ2) is 6.81. The van der Waals surface area contributed by atoms with Crippen LogP contribution in [0.15, 0.2) is 24.5 Å². The largest absolute Gasteiger partial charge is 0.391 e. The summed E-state index contributed by atoms with van der Waals surface area (Å²) in [7, 11) is 0. The van der Waals surface area contributed by atoms with E-state index in [1.807, 2.05) is 17.2 Å². The molecule has 0 spiro atoms. The number of hydrogen-bond acceptors (Lipinski definition) is 4. The quantitative estimate of drug-likeness (QED) is 0.913. The lowest BCUT2D eigenvalue weighted by Crippen LogP contribution is -2.52. The van der Waals surface area contributed by atoms with Gasteiger partial charge in [0.15, 0.2) is 0 Å². The van der Waals surface area contributed by atoms with Crippen LogP contribution in [0.4, 0.5) is 0 Å². The average Bonchev–Trinajstić information content (AvgIpc) is 3.35. The maximum atomic E-state index is 12.7. The van der Waals surface area contributed by atoms with E-state index in [1.54, 1.807) is 6.20 Å². The van der Waals surface area contributed by atoms with E-state index in [9.17, 15) is 9.90 Å². The molecule has 3 atom stereocenters. The minimum absolute atomic E-state index is 0.0993. The van der Waals surface area contributed by atoms with Crippen LogP contribution in [0.3, 0.4) is 0 Å². The van der Waals surface area contributed by atoms with E-state index in [0.29, 0.717) is 18.4 Å². The number of aliphatic hydroxyl groups excluding tert-OH is 1. The number of hydrogen-bond donors (Lipinski definition) is 1. The smallest absolute Gasteiger partial charge is 0.226 e. The van der Waals surface area contributed by atoms with Crippen LogP contribution < -0.4 is 0 Å². The highest BCUT2D eigenvalue weighted by Crippen LogP contribution is 2.48. The molecule has 1 aromatic rings. The minimum Gasteiger partial charge on any atom is -0.391 e. The first-order valence-electron chi connectivity index (χ1n) is 8.95. The SMILES string of the molecule is CC(C)(C)[C@H](O)CN1CCN(C(=O)[C@H]2C[C@H]2c2cccnc2)CC1. The number of carbonyl (C=O) groups excluding carboxylic acids is 1. The minimum atomic E-state index is -0.335. The summed E-state index contributed by atoms with van der Waals surface area (Å²) in [6.45, 7) is 10.1. The van der Waals surface area contributed by atoms with Gasteiger partial charge < -0.3 is 10.0 Å². The van der Waals surface area contributed by atoms with Gasteiger partial charge in [-0.15, -0.1) is 0 Å². The molecule has 0 unspecified atom stereocenters. The third-order valence-electron chi connectivity index (χ3n) is 5.33. The molecule has 5 heteroatoms. The number of pyridine rings is 1. The van der Waals surface area contributed by atoms with Crippen LogP contribution in [0.2, 0.25) is 0 Å². The molecule has 1 aliphatic carbocycles. The second-order valence-corrected chi connectivity index (χ2v) is 8.24. The fourth-order valence-corrected chi connectivity index (χ4v) is 3.34. The van der Waals surface area contributed by atoms with Crippen LogP contribution >= 0.6 is 0 Å². The zero-order chi connectivity index (χ0) is 17.3. The summed E-state index contributed by atoms with van der Waals surface area (Å²) in [5, 5.41) is 10.2. The summed E-state index contributed by atoms with van der Waals surface area (Å²) in [5.74, 6) is 0.785. The number of carbonyl (C=O) groups is 1. The molecule has 0 aromatic carbocycles. The van der Waals surface area contributed by atoms with Crippen molar-refractivity contribution >= 4 is 5.91 Å². The molecule has 1 N–H and O–H groups in total. The van der Waals surface area contributed by atoms with Gasteiger partial charge in [-0.2, -0.15) is 0 Å². The Morgan fingerprint density at radius 3 is 2.62 bits per heavy atom. The van der Waals surface area contributed by atoms with Crippen LogP contribution in [0, 0.1) is 11.3 Å². The molecular weight excluding hydrogens is 302 g/mol. The van der Waals surface area contributed by atoms with Crippen molar-refractivity contribution in [3.8, 4) is 0 Å². The molecule has 5 nitrogen and oxygen atoms in total. The van der Waals surface area contributed by atoms with Gasteiger partial charge in [0.05, 0.1) is 6.10 Å². The maximum Gasteiger partial charge on any atom is 0.226 e. The first-order valence-corrected chi connectivity index (χ1v) is 8.95. The number of nitrogens with zero attached hydrogens (tertiary/aromatic N) is 3. The van der Waals surface area contributed by atoms with E-state index in [1.165, 1.54) is 5.56 Å². The number of piperazine rings is 1. The van der Waals surface area contributed by atoms with Gasteiger partial charge in [0.25, 0.3) is 0 Å². The van der Waals surface area contributed by atoms with Gasteiger partial charge >= 0.3 is 0 Å². The molecule has 1 amide bonds. The Morgan fingerprint density at radius 2 is 2.04 bits per heavy atom. The lowest BCUT2D eigenvalue weighted by Gasteiger charge is -2.38. The molecule has 1 aliphatic heterocycles. The molecule has 0 bridgehead atoms. The van der Waals surface area contributed by atoms with Gasteiger partial charge in [0.1, 0.15) is 0 Å². The fourth-order valence-electron chi connectivity index (χ4n) is 3.34. The highest BCUT2D eigenvalue weighted by Gasteiger charge is 2.46. The van der Waals surface area contributed by atoms with Crippen LogP contribution in [-0.4, -0.2) is 64.6 Å². The van der Waals surface area contributed by atoms with E-state index < -0.39 is 0 Å². The summed E-state index contributed by atoms with van der Waals surface area (Å²) in [6.07, 6.45) is 4.27. The highest BCUT2D eigenvalue weighted by atomic mass is 16.3. The first kappa shape index (κ1) is 17.4. The number of amides is 1. The summed E-state index contributed by atoms with van der Waals surface area (Å²) in [4.78, 5) is 21.1. The molecule has 1 saturated heterocycles. The van der Waals surface area contributed by atoms with Gasteiger partial charge in [-0.1, -0.05) is 26.8 Å². The number of aromatic nitrogens is 1. The monoisotopic (exact) mass is 331 g/mol. The Morgan fingerprint density at radius 1 is 1.33 bits per heavy atom. The third-order valence-corrected chi connectivity index (χ3v) is 5.33. The topological polar surface area (TPSA) is 56.7 Å². The summed E-state index contributed by atoms with van der Waals surface area (Å²) in [5.41, 5.74) is 1.08. The summed E-state index contributed by atoms with van der Waals surface area (Å²) in [6, 6.07) is 4.01. The normalized spacial score (nSPS) is 26.2. The second-order valence-electron chi connectivity index (χ2n) is 8.24. The van der Waals surface area contributed by atoms with Gasteiger partial charge in [-0.05, 0) is 29.4 Å². The number of rotatable bonds is 4. The van der Waals surface area contributed by atoms with Crippen LogP contribution in [0.5, 0.6) is 0 Å². The predicted molar refractivity (Wildman–Crippen MR) is 93.6 cm³/mol. The van der Waals surface area contributed by atoms with Crippen molar-refractivity contribution in [3.05, 3.63) is 30.1 Å². The summed E-state index contributed by atoms with van der Waals surface area (Å²) < 4.78 is 0. The van der Waals surface area contributed by atoms with E-state index in [0.717, 1.165) is 32.6 Å².